The fourth-order valence-electron chi connectivity index (χ4n) is 2.03. The second-order valence-electron chi connectivity index (χ2n) is 4.44. The molecule has 0 heterocycles. The van der Waals surface area contributed by atoms with Crippen molar-refractivity contribution >= 4 is 28.9 Å². The highest BCUT2D eigenvalue weighted by Gasteiger charge is 2.13. The Labute approximate surface area is 129 Å². The van der Waals surface area contributed by atoms with Crippen LogP contribution >= 0.6 is 23.2 Å². The van der Waals surface area contributed by atoms with Gasteiger partial charge < -0.3 is 10.1 Å². The van der Waals surface area contributed by atoms with Gasteiger partial charge in [0.15, 0.2) is 0 Å². The predicted molar refractivity (Wildman–Crippen MR) is 86.1 cm³/mol. The number of benzene rings is 2. The number of anilines is 1. The van der Waals surface area contributed by atoms with Crippen LogP contribution in [0, 0.1) is 0 Å². The quantitative estimate of drug-likeness (QED) is 0.780. The molecule has 2 nitrogen and oxygen atoms in total. The highest BCUT2D eigenvalue weighted by molar-refractivity contribution is 6.42. The molecule has 1 N–H and O–H groups in total. The molecular formula is C16H17Cl2NO. The molecule has 0 aliphatic carbocycles. The van der Waals surface area contributed by atoms with Crippen molar-refractivity contribution in [2.45, 2.75) is 19.9 Å². The Balaban J connectivity index is 2.23. The second kappa shape index (κ2) is 6.87. The number of nitrogens with one attached hydrogen (secondary N) is 1. The average molecular weight is 310 g/mol. The van der Waals surface area contributed by atoms with Gasteiger partial charge in [-0.1, -0.05) is 47.5 Å². The molecule has 2 aromatic carbocycles. The standard InChI is InChI=1S/C16H17Cl2NO/c1-3-20-15-10-5-4-9-14(15)19-11(2)12-7-6-8-13(17)16(12)18/h4-11,19H,3H2,1-2H3. The average Bonchev–Trinajstić information content (AvgIpc) is 2.44. The Kier molecular flexibility index (Phi) is 5.16. The third-order valence-electron chi connectivity index (χ3n) is 3.01. The van der Waals surface area contributed by atoms with Crippen molar-refractivity contribution in [3.8, 4) is 5.75 Å². The van der Waals surface area contributed by atoms with Crippen molar-refractivity contribution in [3.63, 3.8) is 0 Å². The molecule has 0 aliphatic heterocycles. The maximum atomic E-state index is 6.25. The minimum absolute atomic E-state index is 0.0304. The van der Waals surface area contributed by atoms with Gasteiger partial charge in [-0.05, 0) is 37.6 Å². The molecule has 0 spiro atoms. The van der Waals surface area contributed by atoms with E-state index in [-0.39, 0.29) is 6.04 Å². The Hall–Kier alpha value is -1.38. The van der Waals surface area contributed by atoms with Gasteiger partial charge in [0.25, 0.3) is 0 Å². The summed E-state index contributed by atoms with van der Waals surface area (Å²) in [4.78, 5) is 0. The Morgan fingerprint density at radius 3 is 2.60 bits per heavy atom. The van der Waals surface area contributed by atoms with Crippen LogP contribution in [0.5, 0.6) is 5.75 Å². The first-order chi connectivity index (χ1) is 9.63. The van der Waals surface area contributed by atoms with Gasteiger partial charge in [0.1, 0.15) is 5.75 Å². The lowest BCUT2D eigenvalue weighted by molar-refractivity contribution is 0.341. The van der Waals surface area contributed by atoms with Crippen LogP contribution in [0.25, 0.3) is 0 Å². The van der Waals surface area contributed by atoms with E-state index in [1.165, 1.54) is 0 Å². The van der Waals surface area contributed by atoms with Crippen LogP contribution in [-0.4, -0.2) is 6.61 Å². The molecule has 0 radical (unpaired) electrons. The molecule has 0 fully saturated rings. The molecule has 20 heavy (non-hydrogen) atoms. The second-order valence-corrected chi connectivity index (χ2v) is 5.22. The van der Waals surface area contributed by atoms with Crippen LogP contribution in [0.4, 0.5) is 5.69 Å². The van der Waals surface area contributed by atoms with Crippen LogP contribution in [0.1, 0.15) is 25.5 Å². The Bertz CT molecular complexity index is 586. The van der Waals surface area contributed by atoms with E-state index in [9.17, 15) is 0 Å². The van der Waals surface area contributed by atoms with E-state index in [0.717, 1.165) is 17.0 Å². The normalized spacial score (nSPS) is 12.0. The van der Waals surface area contributed by atoms with Crippen molar-refractivity contribution in [2.24, 2.45) is 0 Å². The molecule has 0 saturated carbocycles. The van der Waals surface area contributed by atoms with Crippen molar-refractivity contribution in [2.75, 3.05) is 11.9 Å². The van der Waals surface area contributed by atoms with Gasteiger partial charge in [-0.15, -0.1) is 0 Å². The molecule has 0 saturated heterocycles. The van der Waals surface area contributed by atoms with Gasteiger partial charge in [-0.2, -0.15) is 0 Å². The minimum Gasteiger partial charge on any atom is -0.492 e. The summed E-state index contributed by atoms with van der Waals surface area (Å²) in [7, 11) is 0. The summed E-state index contributed by atoms with van der Waals surface area (Å²) in [6.07, 6.45) is 0. The molecule has 1 atom stereocenters. The predicted octanol–water partition coefficient (Wildman–Crippen LogP) is 5.57. The first-order valence-electron chi connectivity index (χ1n) is 6.55. The van der Waals surface area contributed by atoms with Crippen LogP contribution in [0.3, 0.4) is 0 Å². The zero-order valence-corrected chi connectivity index (χ0v) is 13.0. The molecule has 2 aromatic rings. The Morgan fingerprint density at radius 1 is 1.10 bits per heavy atom. The highest BCUT2D eigenvalue weighted by Crippen LogP contribution is 2.33. The topological polar surface area (TPSA) is 21.3 Å². The summed E-state index contributed by atoms with van der Waals surface area (Å²) in [6, 6.07) is 13.5. The van der Waals surface area contributed by atoms with Crippen molar-refractivity contribution < 1.29 is 4.74 Å². The van der Waals surface area contributed by atoms with E-state index in [2.05, 4.69) is 5.32 Å². The number of hydrogen-bond acceptors (Lipinski definition) is 2. The molecule has 0 amide bonds. The number of rotatable bonds is 5. The van der Waals surface area contributed by atoms with Crippen LogP contribution < -0.4 is 10.1 Å². The van der Waals surface area contributed by atoms with Crippen molar-refractivity contribution in [1.29, 1.82) is 0 Å². The molecule has 2 rings (SSSR count). The van der Waals surface area contributed by atoms with Crippen LogP contribution in [-0.2, 0) is 0 Å². The molecule has 0 aromatic heterocycles. The number of para-hydroxylation sites is 2. The molecule has 0 bridgehead atoms. The molecule has 106 valence electrons. The van der Waals surface area contributed by atoms with E-state index >= 15 is 0 Å². The summed E-state index contributed by atoms with van der Waals surface area (Å²) in [6.45, 7) is 4.64. The van der Waals surface area contributed by atoms with E-state index in [1.807, 2.05) is 50.2 Å². The van der Waals surface area contributed by atoms with E-state index in [4.69, 9.17) is 27.9 Å². The number of hydrogen-bond donors (Lipinski definition) is 1. The van der Waals surface area contributed by atoms with E-state index < -0.39 is 0 Å². The summed E-state index contributed by atoms with van der Waals surface area (Å²) in [5, 5.41) is 4.56. The highest BCUT2D eigenvalue weighted by atomic mass is 35.5. The first-order valence-corrected chi connectivity index (χ1v) is 7.31. The lowest BCUT2D eigenvalue weighted by Crippen LogP contribution is -2.08. The van der Waals surface area contributed by atoms with Crippen LogP contribution in [0.2, 0.25) is 10.0 Å². The molecular weight excluding hydrogens is 293 g/mol. The Morgan fingerprint density at radius 2 is 1.85 bits per heavy atom. The molecule has 4 heteroatoms. The lowest BCUT2D eigenvalue weighted by Gasteiger charge is -2.19. The number of ether oxygens (including phenoxy) is 1. The maximum absolute atomic E-state index is 6.25. The van der Waals surface area contributed by atoms with E-state index in [1.54, 1.807) is 6.07 Å². The summed E-state index contributed by atoms with van der Waals surface area (Å²) in [5.41, 5.74) is 1.91. The van der Waals surface area contributed by atoms with Gasteiger partial charge in [0.2, 0.25) is 0 Å². The SMILES string of the molecule is CCOc1ccccc1NC(C)c1cccc(Cl)c1Cl. The van der Waals surface area contributed by atoms with Crippen molar-refractivity contribution in [3.05, 3.63) is 58.1 Å². The zero-order valence-electron chi connectivity index (χ0n) is 11.5. The van der Waals surface area contributed by atoms with Crippen LogP contribution in [0.15, 0.2) is 42.5 Å². The van der Waals surface area contributed by atoms with Gasteiger partial charge in [0.05, 0.1) is 28.4 Å². The summed E-state index contributed by atoms with van der Waals surface area (Å²) < 4.78 is 5.61. The van der Waals surface area contributed by atoms with E-state index in [0.29, 0.717) is 16.7 Å². The lowest BCUT2D eigenvalue weighted by atomic mass is 10.1. The third-order valence-corrected chi connectivity index (χ3v) is 3.84. The van der Waals surface area contributed by atoms with Gasteiger partial charge in [-0.3, -0.25) is 0 Å². The maximum Gasteiger partial charge on any atom is 0.142 e. The monoisotopic (exact) mass is 309 g/mol. The fraction of sp³-hybridized carbons (Fsp3) is 0.250. The molecule has 0 aliphatic rings. The van der Waals surface area contributed by atoms with Gasteiger partial charge >= 0.3 is 0 Å². The smallest absolute Gasteiger partial charge is 0.142 e. The summed E-state index contributed by atoms with van der Waals surface area (Å²) >= 11 is 12.3. The first kappa shape index (κ1) is 15.0. The summed E-state index contributed by atoms with van der Waals surface area (Å²) in [5.74, 6) is 0.833. The fourth-order valence-corrected chi connectivity index (χ4v) is 2.50. The van der Waals surface area contributed by atoms with Gasteiger partial charge in [0, 0.05) is 0 Å². The number of halogens is 2. The minimum atomic E-state index is 0.0304. The zero-order chi connectivity index (χ0) is 14.5. The molecule has 1 unspecified atom stereocenters. The van der Waals surface area contributed by atoms with Crippen molar-refractivity contribution in [1.82, 2.24) is 0 Å². The van der Waals surface area contributed by atoms with Gasteiger partial charge in [-0.25, -0.2) is 0 Å². The third kappa shape index (κ3) is 3.38. The largest absolute Gasteiger partial charge is 0.492 e.